The normalized spacial score (nSPS) is 15.7. The van der Waals surface area contributed by atoms with Crippen LogP contribution in [0.15, 0.2) is 35.5 Å². The average molecular weight is 242 g/mol. The van der Waals surface area contributed by atoms with Crippen LogP contribution in [0.3, 0.4) is 0 Å². The van der Waals surface area contributed by atoms with E-state index in [-0.39, 0.29) is 0 Å². The minimum absolute atomic E-state index is 0.407. The van der Waals surface area contributed by atoms with E-state index < -0.39 is 0 Å². The fourth-order valence-corrected chi connectivity index (χ4v) is 2.22. The molecule has 0 unspecified atom stereocenters. The van der Waals surface area contributed by atoms with Gasteiger partial charge in [0, 0.05) is 30.2 Å². The number of azide groups is 1. The highest BCUT2D eigenvalue weighted by molar-refractivity contribution is 5.56. The van der Waals surface area contributed by atoms with Crippen LogP contribution < -0.4 is 4.90 Å². The zero-order chi connectivity index (χ0) is 12.6. The summed E-state index contributed by atoms with van der Waals surface area (Å²) in [5.74, 6) is 0. The summed E-state index contributed by atoms with van der Waals surface area (Å²) in [7, 11) is 0. The van der Waals surface area contributed by atoms with Crippen molar-refractivity contribution >= 4 is 11.8 Å². The quantitative estimate of drug-likeness (QED) is 0.447. The van der Waals surface area contributed by atoms with Crippen molar-refractivity contribution in [3.8, 4) is 0 Å². The van der Waals surface area contributed by atoms with Gasteiger partial charge >= 0.3 is 0 Å². The van der Waals surface area contributed by atoms with E-state index in [2.05, 4.69) is 39.2 Å². The van der Waals surface area contributed by atoms with E-state index in [0.717, 1.165) is 5.56 Å². The third-order valence-electron chi connectivity index (χ3n) is 3.17. The summed E-state index contributed by atoms with van der Waals surface area (Å²) < 4.78 is 0. The van der Waals surface area contributed by atoms with Gasteiger partial charge in [-0.05, 0) is 42.5 Å². The van der Waals surface area contributed by atoms with Crippen molar-refractivity contribution in [1.29, 1.82) is 0 Å². The highest BCUT2D eigenvalue weighted by atomic mass is 15.1. The summed E-state index contributed by atoms with van der Waals surface area (Å²) in [6.07, 6.45) is 7.81. The van der Waals surface area contributed by atoms with Crippen LogP contribution in [0.4, 0.5) is 5.69 Å². The number of hydrogen-bond donors (Lipinski definition) is 0. The molecular formula is C14H18N4. The average Bonchev–Trinajstić information content (AvgIpc) is 2.45. The number of benzene rings is 1. The first-order valence-electron chi connectivity index (χ1n) is 6.42. The SMILES string of the molecule is [N-]=[N+]=NCC=Cc1ccc(N2CCCCC2)cc1. The van der Waals surface area contributed by atoms with Gasteiger partial charge in [0.2, 0.25) is 0 Å². The lowest BCUT2D eigenvalue weighted by atomic mass is 10.1. The second kappa shape index (κ2) is 6.72. The minimum Gasteiger partial charge on any atom is -0.372 e. The molecule has 1 fully saturated rings. The molecule has 4 heteroatoms. The molecule has 0 amide bonds. The Bertz CT molecular complexity index is 437. The van der Waals surface area contributed by atoms with Crippen LogP contribution >= 0.6 is 0 Å². The van der Waals surface area contributed by atoms with Gasteiger partial charge in [-0.2, -0.15) is 0 Å². The van der Waals surface area contributed by atoms with Crippen molar-refractivity contribution in [1.82, 2.24) is 0 Å². The van der Waals surface area contributed by atoms with E-state index in [0.29, 0.717) is 6.54 Å². The maximum absolute atomic E-state index is 8.16. The predicted octanol–water partition coefficient (Wildman–Crippen LogP) is 4.00. The molecule has 0 saturated carbocycles. The lowest BCUT2D eigenvalue weighted by Crippen LogP contribution is -2.29. The minimum atomic E-state index is 0.407. The third kappa shape index (κ3) is 3.54. The van der Waals surface area contributed by atoms with Gasteiger partial charge in [0.15, 0.2) is 0 Å². The molecule has 0 aliphatic carbocycles. The van der Waals surface area contributed by atoms with Gasteiger partial charge in [-0.25, -0.2) is 0 Å². The van der Waals surface area contributed by atoms with Gasteiger partial charge in [-0.1, -0.05) is 29.4 Å². The highest BCUT2D eigenvalue weighted by Gasteiger charge is 2.09. The molecule has 1 aliphatic heterocycles. The number of anilines is 1. The maximum atomic E-state index is 8.16. The first-order valence-corrected chi connectivity index (χ1v) is 6.42. The summed E-state index contributed by atoms with van der Waals surface area (Å²) in [5, 5.41) is 3.46. The molecule has 1 aliphatic rings. The van der Waals surface area contributed by atoms with Crippen LogP contribution in [-0.4, -0.2) is 19.6 Å². The molecule has 0 bridgehead atoms. The van der Waals surface area contributed by atoms with Gasteiger partial charge in [-0.15, -0.1) is 0 Å². The number of rotatable bonds is 4. The summed E-state index contributed by atoms with van der Waals surface area (Å²) in [4.78, 5) is 5.15. The molecule has 0 aromatic heterocycles. The van der Waals surface area contributed by atoms with Gasteiger partial charge < -0.3 is 4.90 Å². The Morgan fingerprint density at radius 3 is 2.56 bits per heavy atom. The predicted molar refractivity (Wildman–Crippen MR) is 75.6 cm³/mol. The monoisotopic (exact) mass is 242 g/mol. The summed E-state index contributed by atoms with van der Waals surface area (Å²) in [6, 6.07) is 8.55. The number of nitrogens with zero attached hydrogens (tertiary/aromatic N) is 4. The lowest BCUT2D eigenvalue weighted by molar-refractivity contribution is 0.578. The van der Waals surface area contributed by atoms with Crippen LogP contribution in [0.2, 0.25) is 0 Å². The summed E-state index contributed by atoms with van der Waals surface area (Å²) >= 11 is 0. The zero-order valence-electron chi connectivity index (χ0n) is 10.5. The molecular weight excluding hydrogens is 224 g/mol. The van der Waals surface area contributed by atoms with Crippen LogP contribution in [0.1, 0.15) is 24.8 Å². The Morgan fingerprint density at radius 1 is 1.17 bits per heavy atom. The van der Waals surface area contributed by atoms with E-state index in [9.17, 15) is 0 Å². The van der Waals surface area contributed by atoms with Crippen molar-refractivity contribution in [3.63, 3.8) is 0 Å². The van der Waals surface area contributed by atoms with E-state index in [1.54, 1.807) is 0 Å². The molecule has 1 aromatic carbocycles. The van der Waals surface area contributed by atoms with E-state index in [1.807, 2.05) is 12.2 Å². The Labute approximate surface area is 108 Å². The largest absolute Gasteiger partial charge is 0.372 e. The molecule has 18 heavy (non-hydrogen) atoms. The Hall–Kier alpha value is -1.93. The van der Waals surface area contributed by atoms with E-state index in [1.165, 1.54) is 38.0 Å². The second-order valence-electron chi connectivity index (χ2n) is 4.46. The topological polar surface area (TPSA) is 52.0 Å². The summed E-state index contributed by atoms with van der Waals surface area (Å²) in [5.41, 5.74) is 10.6. The molecule has 0 spiro atoms. The van der Waals surface area contributed by atoms with E-state index >= 15 is 0 Å². The lowest BCUT2D eigenvalue weighted by Gasteiger charge is -2.28. The second-order valence-corrected chi connectivity index (χ2v) is 4.46. The third-order valence-corrected chi connectivity index (χ3v) is 3.17. The Balaban J connectivity index is 1.96. The van der Waals surface area contributed by atoms with Crippen LogP contribution in [-0.2, 0) is 0 Å². The van der Waals surface area contributed by atoms with Crippen LogP contribution in [0.5, 0.6) is 0 Å². The van der Waals surface area contributed by atoms with Crippen molar-refractivity contribution in [3.05, 3.63) is 46.3 Å². The van der Waals surface area contributed by atoms with Crippen molar-refractivity contribution in [2.75, 3.05) is 24.5 Å². The number of hydrogen-bond acceptors (Lipinski definition) is 2. The molecule has 1 saturated heterocycles. The zero-order valence-corrected chi connectivity index (χ0v) is 10.5. The molecule has 0 N–H and O–H groups in total. The van der Waals surface area contributed by atoms with Crippen LogP contribution in [0.25, 0.3) is 16.5 Å². The molecule has 4 nitrogen and oxygen atoms in total. The molecule has 0 radical (unpaired) electrons. The van der Waals surface area contributed by atoms with Crippen molar-refractivity contribution < 1.29 is 0 Å². The van der Waals surface area contributed by atoms with Gasteiger partial charge in [-0.3, -0.25) is 0 Å². The van der Waals surface area contributed by atoms with Gasteiger partial charge in [0.05, 0.1) is 0 Å². The smallest absolute Gasteiger partial charge is 0.0443 e. The number of piperidine rings is 1. The molecule has 1 heterocycles. The fraction of sp³-hybridized carbons (Fsp3) is 0.429. The van der Waals surface area contributed by atoms with Crippen molar-refractivity contribution in [2.24, 2.45) is 5.11 Å². The summed E-state index contributed by atoms with van der Waals surface area (Å²) in [6.45, 7) is 2.75. The molecule has 1 aromatic rings. The van der Waals surface area contributed by atoms with Gasteiger partial charge in [0.25, 0.3) is 0 Å². The van der Waals surface area contributed by atoms with E-state index in [4.69, 9.17) is 5.53 Å². The fourth-order valence-electron chi connectivity index (χ4n) is 2.22. The first kappa shape index (κ1) is 12.5. The maximum Gasteiger partial charge on any atom is 0.0443 e. The molecule has 94 valence electrons. The highest BCUT2D eigenvalue weighted by Crippen LogP contribution is 2.20. The first-order chi connectivity index (χ1) is 8.90. The Morgan fingerprint density at radius 2 is 1.89 bits per heavy atom. The van der Waals surface area contributed by atoms with Crippen LogP contribution in [0, 0.1) is 0 Å². The van der Waals surface area contributed by atoms with Gasteiger partial charge in [0.1, 0.15) is 0 Å². The standard InChI is InChI=1S/C14H18N4/c15-17-16-10-4-5-13-6-8-14(9-7-13)18-11-2-1-3-12-18/h4-9H,1-3,10-12H2. The molecule has 0 atom stereocenters. The van der Waals surface area contributed by atoms with Crippen molar-refractivity contribution in [2.45, 2.75) is 19.3 Å². The Kier molecular flexibility index (Phi) is 4.68. The molecule has 2 rings (SSSR count).